The molecule has 0 saturated heterocycles. The largest absolute Gasteiger partial charge is 0.811 e. The fraction of sp³-hybridized carbons (Fsp3) is 1.00. The van der Waals surface area contributed by atoms with E-state index in [4.69, 9.17) is 0 Å². The average Bonchev–Trinajstić information content (AvgIpc) is 2.01. The Balaban J connectivity index is 4.65. The topological polar surface area (TPSA) is 63.2 Å². The summed E-state index contributed by atoms with van der Waals surface area (Å²) >= 11 is 0. The first kappa shape index (κ1) is 13.2. The maximum Gasteiger partial charge on any atom is -0.00828 e. The van der Waals surface area contributed by atoms with E-state index in [2.05, 4.69) is 0 Å². The summed E-state index contributed by atoms with van der Waals surface area (Å²) in [5.74, 6) is -0.0634. The lowest BCUT2D eigenvalue weighted by Crippen LogP contribution is -2.35. The molecule has 0 amide bonds. The van der Waals surface area contributed by atoms with Gasteiger partial charge in [0.25, 0.3) is 0 Å². The Morgan fingerprint density at radius 1 is 1.08 bits per heavy atom. The lowest BCUT2D eigenvalue weighted by Gasteiger charge is -2.44. The summed E-state index contributed by atoms with van der Waals surface area (Å²) in [7, 11) is -4.42. The van der Waals surface area contributed by atoms with Crippen molar-refractivity contribution in [3.05, 3.63) is 0 Å². The van der Waals surface area contributed by atoms with Gasteiger partial charge in [-0.2, -0.15) is 0 Å². The van der Waals surface area contributed by atoms with Crippen LogP contribution >= 0.6 is 7.60 Å². The Hall–Kier alpha value is 0.150. The van der Waals surface area contributed by atoms with E-state index >= 15 is 0 Å². The first-order valence-corrected chi connectivity index (χ1v) is 6.47. The van der Waals surface area contributed by atoms with Crippen LogP contribution in [0.5, 0.6) is 0 Å². The quantitative estimate of drug-likeness (QED) is 0.638. The van der Waals surface area contributed by atoms with E-state index in [1.807, 2.05) is 27.7 Å². The predicted octanol–water partition coefficient (Wildman–Crippen LogP) is 1.36. The highest BCUT2D eigenvalue weighted by Crippen LogP contribution is 2.43. The van der Waals surface area contributed by atoms with Gasteiger partial charge in [0.05, 0.1) is 0 Å². The van der Waals surface area contributed by atoms with Crippen molar-refractivity contribution < 1.29 is 14.4 Å². The van der Waals surface area contributed by atoms with Crippen molar-refractivity contribution in [2.75, 3.05) is 0 Å². The highest BCUT2D eigenvalue weighted by molar-refractivity contribution is 7.49. The predicted molar refractivity (Wildman–Crippen MR) is 50.3 cm³/mol. The Morgan fingerprint density at radius 3 is 1.54 bits per heavy atom. The van der Waals surface area contributed by atoms with Crippen molar-refractivity contribution in [2.24, 2.45) is 11.8 Å². The summed E-state index contributed by atoms with van der Waals surface area (Å²) in [5, 5.41) is 0. The van der Waals surface area contributed by atoms with Gasteiger partial charge in [0, 0.05) is 0 Å². The van der Waals surface area contributed by atoms with Gasteiger partial charge in [0.2, 0.25) is 0 Å². The Bertz CT molecular complexity index is 177. The van der Waals surface area contributed by atoms with Crippen molar-refractivity contribution in [2.45, 2.75) is 46.2 Å². The zero-order chi connectivity index (χ0) is 10.6. The van der Waals surface area contributed by atoms with Crippen molar-refractivity contribution in [3.63, 3.8) is 0 Å². The molecule has 13 heavy (non-hydrogen) atoms. The van der Waals surface area contributed by atoms with Crippen LogP contribution in [-0.4, -0.2) is 5.66 Å². The third kappa shape index (κ3) is 3.80. The molecule has 0 heterocycles. The normalized spacial score (nSPS) is 19.5. The second-order valence-electron chi connectivity index (χ2n) is 3.80. The second-order valence-corrected chi connectivity index (χ2v) is 5.48. The molecule has 0 saturated carbocycles. The second kappa shape index (κ2) is 5.14. The molecule has 0 aliphatic carbocycles. The Kier molecular flexibility index (Phi) is 5.19. The van der Waals surface area contributed by atoms with Gasteiger partial charge >= 0.3 is 0 Å². The molecule has 4 heteroatoms. The molecule has 3 nitrogen and oxygen atoms in total. The van der Waals surface area contributed by atoms with Gasteiger partial charge < -0.3 is 14.4 Å². The minimum atomic E-state index is -4.42. The first-order valence-electron chi connectivity index (χ1n) is 4.86. The molecule has 0 fully saturated rings. The van der Waals surface area contributed by atoms with E-state index in [9.17, 15) is 14.4 Å². The van der Waals surface area contributed by atoms with Crippen LogP contribution in [-0.2, 0) is 4.57 Å². The van der Waals surface area contributed by atoms with Crippen molar-refractivity contribution in [1.29, 1.82) is 0 Å². The lowest BCUT2D eigenvalue weighted by molar-refractivity contribution is -0.318. The number of hydrogen-bond acceptors (Lipinski definition) is 3. The first-order chi connectivity index (χ1) is 5.84. The van der Waals surface area contributed by atoms with Gasteiger partial charge in [-0.05, 0) is 17.5 Å². The molecule has 0 N–H and O–H groups in total. The van der Waals surface area contributed by atoms with Crippen LogP contribution in [0.25, 0.3) is 0 Å². The number of hydrogen-bond donors (Lipinski definition) is 0. The highest BCUT2D eigenvalue weighted by Gasteiger charge is 2.24. The molecule has 0 aliphatic rings. The van der Waals surface area contributed by atoms with Gasteiger partial charge in [-0.15, -0.1) is 0 Å². The fourth-order valence-corrected chi connectivity index (χ4v) is 3.34. The maximum absolute atomic E-state index is 11.0. The Morgan fingerprint density at radius 2 is 1.38 bits per heavy atom. The summed E-state index contributed by atoms with van der Waals surface area (Å²) < 4.78 is 11.0. The van der Waals surface area contributed by atoms with E-state index < -0.39 is 13.3 Å². The summed E-state index contributed by atoms with van der Waals surface area (Å²) in [4.78, 5) is 22.0. The zero-order valence-corrected chi connectivity index (χ0v) is 9.71. The van der Waals surface area contributed by atoms with Crippen molar-refractivity contribution in [1.82, 2.24) is 0 Å². The van der Waals surface area contributed by atoms with Gasteiger partial charge in [0.1, 0.15) is 0 Å². The molecule has 2 atom stereocenters. The van der Waals surface area contributed by atoms with E-state index in [-0.39, 0.29) is 11.8 Å². The molecule has 0 aliphatic heterocycles. The summed E-state index contributed by atoms with van der Waals surface area (Å²) in [6, 6.07) is 0. The monoisotopic (exact) mass is 206 g/mol. The molecule has 0 aromatic heterocycles. The van der Waals surface area contributed by atoms with E-state index in [0.29, 0.717) is 0 Å². The molecular weight excluding hydrogens is 187 g/mol. The summed E-state index contributed by atoms with van der Waals surface area (Å²) in [6.07, 6.45) is 1.48. The van der Waals surface area contributed by atoms with Crippen LogP contribution in [0.4, 0.5) is 0 Å². The molecule has 0 aromatic carbocycles. The molecule has 0 rings (SSSR count). The smallest absolute Gasteiger partial charge is 0.00828 e. The molecular formula is C9H19O3P-2. The van der Waals surface area contributed by atoms with Crippen LogP contribution in [0.2, 0.25) is 0 Å². The molecule has 0 spiro atoms. The molecule has 2 unspecified atom stereocenters. The van der Waals surface area contributed by atoms with Crippen molar-refractivity contribution >= 4 is 7.60 Å². The van der Waals surface area contributed by atoms with Gasteiger partial charge in [-0.3, -0.25) is 0 Å². The molecule has 0 bridgehead atoms. The standard InChI is InChI=1S/C9H21O3P/c1-5-7(3)9(8(4)6-2)13(10,11)12/h7-9H,5-6H2,1-4H3,(H2,10,11,12)/p-2. The summed E-state index contributed by atoms with van der Waals surface area (Å²) in [5.41, 5.74) is -0.692. The minimum Gasteiger partial charge on any atom is -0.811 e. The summed E-state index contributed by atoms with van der Waals surface area (Å²) in [6.45, 7) is 7.49. The van der Waals surface area contributed by atoms with Gasteiger partial charge in [-0.1, -0.05) is 48.1 Å². The van der Waals surface area contributed by atoms with Crippen LogP contribution in [0.15, 0.2) is 0 Å². The molecule has 0 aromatic rings. The van der Waals surface area contributed by atoms with Crippen LogP contribution in [0.3, 0.4) is 0 Å². The number of rotatable bonds is 5. The zero-order valence-electron chi connectivity index (χ0n) is 8.82. The third-order valence-corrected chi connectivity index (χ3v) is 4.57. The van der Waals surface area contributed by atoms with E-state index in [0.717, 1.165) is 12.8 Å². The van der Waals surface area contributed by atoms with Crippen LogP contribution < -0.4 is 9.79 Å². The molecule has 0 radical (unpaired) electrons. The molecule has 80 valence electrons. The van der Waals surface area contributed by atoms with E-state index in [1.165, 1.54) is 0 Å². The Labute approximate surface area is 80.7 Å². The minimum absolute atomic E-state index is 0.0317. The van der Waals surface area contributed by atoms with Crippen LogP contribution in [0, 0.1) is 11.8 Å². The van der Waals surface area contributed by atoms with Gasteiger partial charge in [0.15, 0.2) is 0 Å². The highest BCUT2D eigenvalue weighted by atomic mass is 31.2. The van der Waals surface area contributed by atoms with E-state index in [1.54, 1.807) is 0 Å². The fourth-order valence-electron chi connectivity index (χ4n) is 1.67. The maximum atomic E-state index is 11.0. The van der Waals surface area contributed by atoms with Crippen LogP contribution in [0.1, 0.15) is 40.5 Å². The average molecular weight is 206 g/mol. The van der Waals surface area contributed by atoms with Gasteiger partial charge in [-0.25, -0.2) is 0 Å². The SMILES string of the molecule is CCC(C)C(C(C)CC)P(=O)([O-])[O-]. The third-order valence-electron chi connectivity index (χ3n) is 2.82. The van der Waals surface area contributed by atoms with Crippen molar-refractivity contribution in [3.8, 4) is 0 Å². The lowest BCUT2D eigenvalue weighted by atomic mass is 9.93.